The van der Waals surface area contributed by atoms with Crippen molar-refractivity contribution < 1.29 is 23.8 Å². The minimum absolute atomic E-state index is 0.232. The molecule has 184 valence electrons. The van der Waals surface area contributed by atoms with Gasteiger partial charge in [0.25, 0.3) is 11.8 Å². The largest absolute Gasteiger partial charge is 0.493 e. The first-order valence-electron chi connectivity index (χ1n) is 10.4. The number of carbonyl (C=O) groups excluding carboxylic acids is 2. The highest BCUT2D eigenvalue weighted by atomic mass is 79.9. The van der Waals surface area contributed by atoms with Crippen LogP contribution in [0.15, 0.2) is 52.8 Å². The quantitative estimate of drug-likeness (QED) is 0.352. The maximum absolute atomic E-state index is 12.7. The van der Waals surface area contributed by atoms with Gasteiger partial charge in [0.15, 0.2) is 11.5 Å². The van der Waals surface area contributed by atoms with Crippen molar-refractivity contribution in [1.82, 2.24) is 26.6 Å². The van der Waals surface area contributed by atoms with Crippen LogP contribution < -0.4 is 35.8 Å². The van der Waals surface area contributed by atoms with Crippen molar-refractivity contribution in [3.8, 4) is 23.3 Å². The highest BCUT2D eigenvalue weighted by Gasteiger charge is 2.23. The van der Waals surface area contributed by atoms with Crippen LogP contribution in [0.25, 0.3) is 0 Å². The lowest BCUT2D eigenvalue weighted by atomic mass is 10.1. The van der Waals surface area contributed by atoms with E-state index in [1.54, 1.807) is 47.6 Å². The molecule has 0 saturated carbocycles. The smallest absolute Gasteiger partial charge is 0.271 e. The Kier molecular flexibility index (Phi) is 8.77. The molecular formula is C23H25BrN6O5. The number of rotatable bonds is 10. The van der Waals surface area contributed by atoms with Crippen molar-refractivity contribution in [2.24, 2.45) is 0 Å². The van der Waals surface area contributed by atoms with E-state index in [2.05, 4.69) is 43.6 Å². The Morgan fingerprint density at radius 3 is 2.40 bits per heavy atom. The van der Waals surface area contributed by atoms with E-state index < -0.39 is 11.9 Å². The molecule has 3 rings (SSSR count). The first-order valence-corrected chi connectivity index (χ1v) is 11.2. The van der Waals surface area contributed by atoms with Crippen LogP contribution in [0.3, 0.4) is 0 Å². The number of methoxy groups -OCH3 is 3. The summed E-state index contributed by atoms with van der Waals surface area (Å²) in [6, 6.07) is 11.6. The molecule has 12 heteroatoms. The summed E-state index contributed by atoms with van der Waals surface area (Å²) < 4.78 is 16.8. The Labute approximate surface area is 211 Å². The van der Waals surface area contributed by atoms with Gasteiger partial charge in [-0.2, -0.15) is 5.26 Å². The summed E-state index contributed by atoms with van der Waals surface area (Å²) in [5.74, 6) is 0.229. The highest BCUT2D eigenvalue weighted by molar-refractivity contribution is 9.10. The Hall–Kier alpha value is -3.95. The van der Waals surface area contributed by atoms with E-state index in [0.29, 0.717) is 29.2 Å². The van der Waals surface area contributed by atoms with E-state index in [1.807, 2.05) is 0 Å². The van der Waals surface area contributed by atoms with Gasteiger partial charge in [-0.25, -0.2) is 0 Å². The standard InChI is InChI=1S/C23H25BrN6O5/c1-33-19-9-8-16(20(34-2)21(19)35-3)22(31)26-10-11-30-13-18(28-29-30)23(32)27-17(12-25)14-4-6-15(24)7-5-14/h4-9,13,17,28-29H,10-11H2,1-3H3,(H,26,31)(H,27,32). The van der Waals surface area contributed by atoms with Gasteiger partial charge in [-0.15, -0.1) is 5.53 Å². The summed E-state index contributed by atoms with van der Waals surface area (Å²) in [6.07, 6.45) is 1.55. The SMILES string of the molecule is COc1ccc(C(=O)NCCN2C=C(C(=O)NC(C#N)c3ccc(Br)cc3)NN2)c(OC)c1OC. The molecule has 0 saturated heterocycles. The number of nitriles is 1. The van der Waals surface area contributed by atoms with E-state index in [4.69, 9.17) is 14.2 Å². The molecule has 1 aliphatic rings. The lowest BCUT2D eigenvalue weighted by Crippen LogP contribution is -2.42. The number of benzene rings is 2. The second-order valence-corrected chi connectivity index (χ2v) is 8.11. The molecule has 4 N–H and O–H groups in total. The van der Waals surface area contributed by atoms with Crippen molar-refractivity contribution in [1.29, 1.82) is 5.26 Å². The van der Waals surface area contributed by atoms with E-state index in [9.17, 15) is 14.9 Å². The fourth-order valence-corrected chi connectivity index (χ4v) is 3.57. The first kappa shape index (κ1) is 25.7. The van der Waals surface area contributed by atoms with Gasteiger partial charge in [0.2, 0.25) is 5.75 Å². The third kappa shape index (κ3) is 6.14. The number of halogens is 1. The summed E-state index contributed by atoms with van der Waals surface area (Å²) in [7, 11) is 4.40. The number of hydrogen-bond acceptors (Lipinski definition) is 9. The molecule has 0 fully saturated rings. The van der Waals surface area contributed by atoms with Gasteiger partial charge in [0.05, 0.1) is 39.5 Å². The van der Waals surface area contributed by atoms with E-state index in [0.717, 1.165) is 4.47 Å². The topological polar surface area (TPSA) is 137 Å². The Bertz CT molecular complexity index is 1150. The van der Waals surface area contributed by atoms with Crippen molar-refractivity contribution in [3.63, 3.8) is 0 Å². The van der Waals surface area contributed by atoms with Crippen LogP contribution in [0.2, 0.25) is 0 Å². The van der Waals surface area contributed by atoms with Crippen LogP contribution in [-0.4, -0.2) is 51.2 Å². The number of hydrogen-bond donors (Lipinski definition) is 4. The van der Waals surface area contributed by atoms with Crippen molar-refractivity contribution in [2.45, 2.75) is 6.04 Å². The van der Waals surface area contributed by atoms with Gasteiger partial charge in [-0.05, 0) is 29.8 Å². The third-order valence-electron chi connectivity index (χ3n) is 5.06. The first-order chi connectivity index (χ1) is 16.9. The van der Waals surface area contributed by atoms with E-state index in [-0.39, 0.29) is 23.9 Å². The normalized spacial score (nSPS) is 13.1. The molecule has 2 aromatic rings. The summed E-state index contributed by atoms with van der Waals surface area (Å²) in [6.45, 7) is 0.607. The Morgan fingerprint density at radius 2 is 1.77 bits per heavy atom. The van der Waals surface area contributed by atoms with Crippen LogP contribution in [0.5, 0.6) is 17.2 Å². The van der Waals surface area contributed by atoms with E-state index in [1.165, 1.54) is 21.3 Å². The average Bonchev–Trinajstić information content (AvgIpc) is 3.35. The van der Waals surface area contributed by atoms with Crippen molar-refractivity contribution >= 4 is 27.7 Å². The lowest BCUT2D eigenvalue weighted by Gasteiger charge is -2.17. The highest BCUT2D eigenvalue weighted by Crippen LogP contribution is 2.39. The molecule has 2 amide bonds. The molecule has 0 aliphatic carbocycles. The van der Waals surface area contributed by atoms with Gasteiger partial charge >= 0.3 is 0 Å². The molecule has 0 spiro atoms. The zero-order valence-corrected chi connectivity index (χ0v) is 20.9. The maximum atomic E-state index is 12.7. The molecule has 11 nitrogen and oxygen atoms in total. The number of nitrogens with zero attached hydrogens (tertiary/aromatic N) is 2. The molecular weight excluding hydrogens is 520 g/mol. The maximum Gasteiger partial charge on any atom is 0.271 e. The molecule has 0 aromatic heterocycles. The number of ether oxygens (including phenoxy) is 3. The number of carbonyl (C=O) groups is 2. The van der Waals surface area contributed by atoms with Crippen molar-refractivity contribution in [3.05, 3.63) is 63.9 Å². The fourth-order valence-electron chi connectivity index (χ4n) is 3.31. The second-order valence-electron chi connectivity index (χ2n) is 7.20. The average molecular weight is 545 g/mol. The monoisotopic (exact) mass is 544 g/mol. The summed E-state index contributed by atoms with van der Waals surface area (Å²) in [4.78, 5) is 25.3. The van der Waals surface area contributed by atoms with Crippen LogP contribution in [0.1, 0.15) is 22.0 Å². The molecule has 1 unspecified atom stereocenters. The fraction of sp³-hybridized carbons (Fsp3) is 0.261. The van der Waals surface area contributed by atoms with Gasteiger partial charge in [0.1, 0.15) is 11.7 Å². The number of amides is 2. The minimum Gasteiger partial charge on any atom is -0.493 e. The zero-order chi connectivity index (χ0) is 25.4. The van der Waals surface area contributed by atoms with Crippen LogP contribution in [0.4, 0.5) is 0 Å². The number of hydrazine groups is 2. The molecule has 1 atom stereocenters. The predicted molar refractivity (Wildman–Crippen MR) is 130 cm³/mol. The minimum atomic E-state index is -0.803. The Morgan fingerprint density at radius 1 is 1.06 bits per heavy atom. The zero-order valence-electron chi connectivity index (χ0n) is 19.3. The van der Waals surface area contributed by atoms with Crippen LogP contribution >= 0.6 is 15.9 Å². The van der Waals surface area contributed by atoms with Gasteiger partial charge in [-0.1, -0.05) is 28.1 Å². The summed E-state index contributed by atoms with van der Waals surface area (Å²) in [5, 5.41) is 16.5. The second kappa shape index (κ2) is 12.0. The molecule has 2 aromatic carbocycles. The van der Waals surface area contributed by atoms with Crippen LogP contribution in [-0.2, 0) is 4.79 Å². The molecule has 1 heterocycles. The summed E-state index contributed by atoms with van der Waals surface area (Å²) >= 11 is 3.34. The van der Waals surface area contributed by atoms with Crippen LogP contribution in [0, 0.1) is 11.3 Å². The van der Waals surface area contributed by atoms with E-state index >= 15 is 0 Å². The van der Waals surface area contributed by atoms with Gasteiger partial charge in [-0.3, -0.25) is 20.0 Å². The van der Waals surface area contributed by atoms with Gasteiger partial charge in [0, 0.05) is 17.2 Å². The third-order valence-corrected chi connectivity index (χ3v) is 5.59. The Balaban J connectivity index is 1.55. The lowest BCUT2D eigenvalue weighted by molar-refractivity contribution is -0.118. The molecule has 35 heavy (non-hydrogen) atoms. The molecule has 0 radical (unpaired) electrons. The molecule has 1 aliphatic heterocycles. The summed E-state index contributed by atoms with van der Waals surface area (Å²) in [5.41, 5.74) is 6.78. The molecule has 0 bridgehead atoms. The predicted octanol–water partition coefficient (Wildman–Crippen LogP) is 1.75. The van der Waals surface area contributed by atoms with Crippen molar-refractivity contribution in [2.75, 3.05) is 34.4 Å². The number of nitrogens with one attached hydrogen (secondary N) is 4. The van der Waals surface area contributed by atoms with Gasteiger partial charge < -0.3 is 24.8 Å².